The molecule has 0 saturated carbocycles. The Balaban J connectivity index is 1.23. The third-order valence-corrected chi connectivity index (χ3v) is 7.39. The molecule has 1 saturated heterocycles. The second-order valence-corrected chi connectivity index (χ2v) is 9.61. The molecule has 182 valence electrons. The lowest BCUT2D eigenvalue weighted by Gasteiger charge is -2.34. The van der Waals surface area contributed by atoms with Crippen LogP contribution in [0.15, 0.2) is 54.2 Å². The number of amides is 1. The van der Waals surface area contributed by atoms with Crippen LogP contribution in [0.1, 0.15) is 20.8 Å². The predicted octanol–water partition coefficient (Wildman–Crippen LogP) is 3.56. The molecule has 35 heavy (non-hydrogen) atoms. The second kappa shape index (κ2) is 10.5. The molecule has 5 rings (SSSR count). The molecule has 3 aromatic heterocycles. The quantitative estimate of drug-likeness (QED) is 0.375. The highest BCUT2D eigenvalue weighted by Crippen LogP contribution is 2.26. The molecule has 9 heteroatoms. The summed E-state index contributed by atoms with van der Waals surface area (Å²) in [5, 5.41) is 7.48. The lowest BCUT2D eigenvalue weighted by molar-refractivity contribution is 0.0638. The number of hydrogen-bond donors (Lipinski definition) is 0. The van der Waals surface area contributed by atoms with Crippen LogP contribution >= 0.6 is 11.3 Å². The van der Waals surface area contributed by atoms with E-state index in [0.717, 1.165) is 67.2 Å². The zero-order chi connectivity index (χ0) is 24.2. The van der Waals surface area contributed by atoms with E-state index >= 15 is 0 Å². The Kier molecular flexibility index (Phi) is 6.96. The largest absolute Gasteiger partial charge is 0.497 e. The first-order valence-corrected chi connectivity index (χ1v) is 12.6. The first kappa shape index (κ1) is 23.3. The van der Waals surface area contributed by atoms with Gasteiger partial charge in [0.15, 0.2) is 5.65 Å². The summed E-state index contributed by atoms with van der Waals surface area (Å²) in [6.07, 6.45) is 4.49. The average molecular weight is 492 g/mol. The molecular formula is C26H29N5O3S. The number of piperazine rings is 1. The van der Waals surface area contributed by atoms with Gasteiger partial charge in [0.25, 0.3) is 5.91 Å². The van der Waals surface area contributed by atoms with Crippen molar-refractivity contribution >= 4 is 28.3 Å². The molecule has 1 fully saturated rings. The number of ether oxygens (including phenoxy) is 2. The van der Waals surface area contributed by atoms with Crippen LogP contribution in [0.25, 0.3) is 11.0 Å². The molecule has 1 aliphatic heterocycles. The van der Waals surface area contributed by atoms with Crippen molar-refractivity contribution < 1.29 is 14.3 Å². The third-order valence-electron chi connectivity index (χ3n) is 6.45. The van der Waals surface area contributed by atoms with E-state index in [9.17, 15) is 4.79 Å². The molecule has 0 spiro atoms. The minimum absolute atomic E-state index is 0.0295. The van der Waals surface area contributed by atoms with Crippen molar-refractivity contribution in [3.05, 3.63) is 70.2 Å². The molecular weight excluding hydrogens is 462 g/mol. The van der Waals surface area contributed by atoms with Gasteiger partial charge in [-0.3, -0.25) is 9.69 Å². The smallest absolute Gasteiger partial charge is 0.255 e. The predicted molar refractivity (Wildman–Crippen MR) is 137 cm³/mol. The van der Waals surface area contributed by atoms with Gasteiger partial charge in [0, 0.05) is 60.8 Å². The van der Waals surface area contributed by atoms with Gasteiger partial charge in [-0.05, 0) is 36.1 Å². The number of hydrogen-bond acceptors (Lipinski definition) is 7. The number of pyridine rings is 1. The van der Waals surface area contributed by atoms with E-state index < -0.39 is 0 Å². The maximum atomic E-state index is 13.1. The molecule has 1 aromatic carbocycles. The van der Waals surface area contributed by atoms with Crippen molar-refractivity contribution in [2.45, 2.75) is 13.0 Å². The van der Waals surface area contributed by atoms with Crippen LogP contribution < -0.4 is 9.47 Å². The number of benzene rings is 1. The molecule has 0 unspecified atom stereocenters. The van der Waals surface area contributed by atoms with Gasteiger partial charge in [-0.1, -0.05) is 6.07 Å². The van der Waals surface area contributed by atoms with Crippen LogP contribution in [0.2, 0.25) is 0 Å². The molecule has 8 nitrogen and oxygen atoms in total. The number of carbonyl (C=O) groups excluding carboxylic acids is 1. The summed E-state index contributed by atoms with van der Waals surface area (Å²) in [7, 11) is 3.27. The highest BCUT2D eigenvalue weighted by atomic mass is 32.1. The maximum Gasteiger partial charge on any atom is 0.255 e. The molecule has 0 bridgehead atoms. The summed E-state index contributed by atoms with van der Waals surface area (Å²) in [5.41, 5.74) is 2.31. The van der Waals surface area contributed by atoms with Gasteiger partial charge in [-0.15, -0.1) is 11.3 Å². The first-order chi connectivity index (χ1) is 17.1. The van der Waals surface area contributed by atoms with Crippen LogP contribution in [-0.2, 0) is 13.0 Å². The third kappa shape index (κ3) is 5.16. The van der Waals surface area contributed by atoms with Crippen molar-refractivity contribution in [1.82, 2.24) is 24.6 Å². The Hall–Kier alpha value is -3.43. The summed E-state index contributed by atoms with van der Waals surface area (Å²) < 4.78 is 12.6. The fraction of sp³-hybridized carbons (Fsp3) is 0.346. The minimum atomic E-state index is 0.0295. The van der Waals surface area contributed by atoms with Crippen molar-refractivity contribution in [3.8, 4) is 11.5 Å². The number of methoxy groups -OCH3 is 2. The fourth-order valence-electron chi connectivity index (χ4n) is 4.43. The first-order valence-electron chi connectivity index (χ1n) is 11.7. The molecule has 1 aliphatic rings. The van der Waals surface area contributed by atoms with E-state index in [1.165, 1.54) is 4.88 Å². The van der Waals surface area contributed by atoms with Gasteiger partial charge in [-0.25, -0.2) is 9.67 Å². The summed E-state index contributed by atoms with van der Waals surface area (Å²) in [5.74, 6) is 1.50. The van der Waals surface area contributed by atoms with Crippen molar-refractivity contribution in [3.63, 3.8) is 0 Å². The molecule has 0 N–H and O–H groups in total. The number of fused-ring (bicyclic) bond motifs is 1. The topological polar surface area (TPSA) is 72.7 Å². The normalized spacial score (nSPS) is 14.4. The SMILES string of the molecule is COc1ccc(Cn2ncc3cc(C(=O)N4CCN(CCc5cccs5)CC4)cnc32)c(OC)c1. The van der Waals surface area contributed by atoms with Crippen LogP contribution in [0.5, 0.6) is 11.5 Å². The van der Waals surface area contributed by atoms with Crippen molar-refractivity contribution in [2.24, 2.45) is 0 Å². The number of carbonyl (C=O) groups is 1. The average Bonchev–Trinajstić information content (AvgIpc) is 3.57. The molecule has 4 aromatic rings. The van der Waals surface area contributed by atoms with Crippen LogP contribution in [0.4, 0.5) is 0 Å². The number of aromatic nitrogens is 3. The van der Waals surface area contributed by atoms with E-state index in [1.54, 1.807) is 38.0 Å². The molecule has 4 heterocycles. The van der Waals surface area contributed by atoms with Crippen LogP contribution in [-0.4, -0.2) is 77.4 Å². The second-order valence-electron chi connectivity index (χ2n) is 8.58. The maximum absolute atomic E-state index is 13.1. The van der Waals surface area contributed by atoms with Gasteiger partial charge in [0.2, 0.25) is 0 Å². The van der Waals surface area contributed by atoms with Gasteiger partial charge in [0.1, 0.15) is 11.5 Å². The number of nitrogens with zero attached hydrogens (tertiary/aromatic N) is 5. The van der Waals surface area contributed by atoms with Crippen molar-refractivity contribution in [2.75, 3.05) is 46.9 Å². The Bertz CT molecular complexity index is 1300. The van der Waals surface area contributed by atoms with E-state index in [-0.39, 0.29) is 5.91 Å². The van der Waals surface area contributed by atoms with Crippen LogP contribution in [0.3, 0.4) is 0 Å². The van der Waals surface area contributed by atoms with E-state index in [0.29, 0.717) is 12.1 Å². The highest BCUT2D eigenvalue weighted by molar-refractivity contribution is 7.09. The van der Waals surface area contributed by atoms with E-state index in [2.05, 4.69) is 32.5 Å². The zero-order valence-electron chi connectivity index (χ0n) is 20.0. The minimum Gasteiger partial charge on any atom is -0.497 e. The van der Waals surface area contributed by atoms with E-state index in [1.807, 2.05) is 33.8 Å². The Morgan fingerprint density at radius 1 is 1.06 bits per heavy atom. The van der Waals surface area contributed by atoms with Gasteiger partial charge in [-0.2, -0.15) is 5.10 Å². The summed E-state index contributed by atoms with van der Waals surface area (Å²) in [6.45, 7) is 4.80. The monoisotopic (exact) mass is 491 g/mol. The number of thiophene rings is 1. The summed E-state index contributed by atoms with van der Waals surface area (Å²) in [6, 6.07) is 11.9. The van der Waals surface area contributed by atoms with Crippen LogP contribution in [0, 0.1) is 0 Å². The lowest BCUT2D eigenvalue weighted by atomic mass is 10.2. The molecule has 1 amide bonds. The Morgan fingerprint density at radius 3 is 2.66 bits per heavy atom. The Morgan fingerprint density at radius 2 is 1.91 bits per heavy atom. The van der Waals surface area contributed by atoms with Gasteiger partial charge >= 0.3 is 0 Å². The lowest BCUT2D eigenvalue weighted by Crippen LogP contribution is -2.49. The molecule has 0 atom stereocenters. The highest BCUT2D eigenvalue weighted by Gasteiger charge is 2.23. The Labute approximate surface area is 208 Å². The molecule has 0 radical (unpaired) electrons. The summed E-state index contributed by atoms with van der Waals surface area (Å²) >= 11 is 1.80. The fourth-order valence-corrected chi connectivity index (χ4v) is 5.13. The van der Waals surface area contributed by atoms with Crippen molar-refractivity contribution in [1.29, 1.82) is 0 Å². The van der Waals surface area contributed by atoms with Gasteiger partial charge in [0.05, 0.1) is 32.5 Å². The summed E-state index contributed by atoms with van der Waals surface area (Å²) in [4.78, 5) is 23.5. The van der Waals surface area contributed by atoms with E-state index in [4.69, 9.17) is 9.47 Å². The standard InChI is InChI=1S/C26H29N5O3S/c1-33-22-6-5-19(24(15-22)34-2)18-31-25-20(17-28-31)14-21(16-27-25)26(32)30-11-9-29(10-12-30)8-7-23-4-3-13-35-23/h3-6,13-17H,7-12,18H2,1-2H3. The molecule has 0 aliphatic carbocycles. The zero-order valence-corrected chi connectivity index (χ0v) is 20.8. The number of rotatable bonds is 8. The van der Waals surface area contributed by atoms with Gasteiger partial charge < -0.3 is 14.4 Å².